The molecular weight excluding hydrogens is 573 g/mol. The van der Waals surface area contributed by atoms with Gasteiger partial charge in [0.1, 0.15) is 13.2 Å². The number of aliphatic carboxylic acids is 1. The molecule has 1 fully saturated rings. The Hall–Kier alpha value is -3.85. The van der Waals surface area contributed by atoms with E-state index < -0.39 is 35.9 Å². The lowest BCUT2D eigenvalue weighted by Gasteiger charge is -2.47. The quantitative estimate of drug-likeness (QED) is 0.350. The highest BCUT2D eigenvalue weighted by Crippen LogP contribution is 2.36. The first kappa shape index (κ1) is 32.1. The Morgan fingerprint density at radius 2 is 1.84 bits per heavy atom. The number of aryl methyl sites for hydroxylation is 1. The number of halogens is 3. The van der Waals surface area contributed by atoms with Crippen LogP contribution in [0.15, 0.2) is 53.8 Å². The van der Waals surface area contributed by atoms with E-state index in [9.17, 15) is 22.8 Å². The van der Waals surface area contributed by atoms with E-state index in [1.165, 1.54) is 12.1 Å². The second-order valence-electron chi connectivity index (χ2n) is 9.80. The number of carboxylic acids is 1. The number of carbonyl (C=O) groups excluding carboxylic acids is 1. The SMILES string of the molecule is Cc1ncccc1C1=CN=C(OCCOCCOCC(=O)O)C(NC(=O)c2cccc(C(F)(F)F)c2)(N2CCOCC2)C1. The molecule has 1 unspecified atom stereocenters. The number of aromatic nitrogens is 1. The molecule has 2 N–H and O–H groups in total. The maximum atomic E-state index is 13.7. The summed E-state index contributed by atoms with van der Waals surface area (Å²) in [6.45, 7) is 3.26. The Morgan fingerprint density at radius 1 is 1.09 bits per heavy atom. The topological polar surface area (TPSA) is 132 Å². The summed E-state index contributed by atoms with van der Waals surface area (Å²) in [5.74, 6) is -1.67. The van der Waals surface area contributed by atoms with Crippen molar-refractivity contribution in [3.8, 4) is 0 Å². The number of carboxylic acid groups (broad SMARTS) is 1. The van der Waals surface area contributed by atoms with E-state index in [0.29, 0.717) is 26.3 Å². The van der Waals surface area contributed by atoms with Crippen LogP contribution in [-0.4, -0.2) is 97.8 Å². The minimum atomic E-state index is -4.62. The van der Waals surface area contributed by atoms with Gasteiger partial charge in [-0.3, -0.25) is 14.7 Å². The first-order valence-corrected chi connectivity index (χ1v) is 13.6. The number of ether oxygens (including phenoxy) is 4. The van der Waals surface area contributed by atoms with Gasteiger partial charge in [-0.25, -0.2) is 9.79 Å². The van der Waals surface area contributed by atoms with Gasteiger partial charge in [-0.15, -0.1) is 0 Å². The zero-order valence-electron chi connectivity index (χ0n) is 23.6. The van der Waals surface area contributed by atoms with Gasteiger partial charge in [-0.2, -0.15) is 13.2 Å². The first-order valence-electron chi connectivity index (χ1n) is 13.6. The van der Waals surface area contributed by atoms with Crippen LogP contribution in [-0.2, 0) is 29.9 Å². The van der Waals surface area contributed by atoms with Crippen molar-refractivity contribution in [2.75, 3.05) is 59.3 Å². The lowest BCUT2D eigenvalue weighted by molar-refractivity contribution is -0.142. The maximum absolute atomic E-state index is 13.7. The van der Waals surface area contributed by atoms with Crippen LogP contribution in [0, 0.1) is 6.92 Å². The molecule has 2 aliphatic heterocycles. The van der Waals surface area contributed by atoms with E-state index in [0.717, 1.165) is 29.0 Å². The second-order valence-corrected chi connectivity index (χ2v) is 9.80. The monoisotopic (exact) mass is 606 g/mol. The van der Waals surface area contributed by atoms with Crippen LogP contribution >= 0.6 is 0 Å². The summed E-state index contributed by atoms with van der Waals surface area (Å²) in [5.41, 5.74) is -0.175. The molecule has 0 bridgehead atoms. The Balaban J connectivity index is 1.62. The number of pyridine rings is 1. The molecule has 1 saturated heterocycles. The van der Waals surface area contributed by atoms with Crippen LogP contribution in [0.25, 0.3) is 5.57 Å². The number of benzene rings is 1. The highest BCUT2D eigenvalue weighted by atomic mass is 19.4. The molecule has 232 valence electrons. The number of aliphatic imine (C=N–C) groups is 1. The third-order valence-corrected chi connectivity index (χ3v) is 6.88. The van der Waals surface area contributed by atoms with E-state index in [1.54, 1.807) is 18.5 Å². The van der Waals surface area contributed by atoms with Gasteiger partial charge in [0.25, 0.3) is 5.91 Å². The molecule has 14 heteroatoms. The average molecular weight is 607 g/mol. The van der Waals surface area contributed by atoms with Gasteiger partial charge in [-0.05, 0) is 36.8 Å². The standard InChI is InChI=1S/C29H33F3N4O7/c1-20-24(6-3-7-33-20)22-17-28(36-8-10-40-11-9-36,35-26(39)21-4-2-5-23(16-21)29(30,31)32)27(34-18-22)43-15-14-41-12-13-42-19-25(37)38/h2-7,16,18H,8-15,17,19H2,1H3,(H,35,39)(H,37,38). The van der Waals surface area contributed by atoms with E-state index in [1.807, 2.05) is 17.9 Å². The third kappa shape index (κ3) is 8.38. The molecule has 2 aliphatic rings. The lowest BCUT2D eigenvalue weighted by Crippen LogP contribution is -2.68. The van der Waals surface area contributed by atoms with Crippen LogP contribution in [0.3, 0.4) is 0 Å². The fraction of sp³-hybridized carbons (Fsp3) is 0.448. The molecule has 0 aliphatic carbocycles. The number of hydrogen-bond acceptors (Lipinski definition) is 9. The Labute approximate surface area is 246 Å². The number of alkyl halides is 3. The van der Waals surface area contributed by atoms with Crippen molar-refractivity contribution < 1.29 is 46.8 Å². The minimum absolute atomic E-state index is 0.0262. The van der Waals surface area contributed by atoms with Crippen molar-refractivity contribution in [1.82, 2.24) is 15.2 Å². The van der Waals surface area contributed by atoms with Crippen molar-refractivity contribution in [3.63, 3.8) is 0 Å². The molecule has 11 nitrogen and oxygen atoms in total. The van der Waals surface area contributed by atoms with Gasteiger partial charge in [0.15, 0.2) is 5.66 Å². The lowest BCUT2D eigenvalue weighted by atomic mass is 9.89. The highest BCUT2D eigenvalue weighted by molar-refractivity contribution is 6.01. The highest BCUT2D eigenvalue weighted by Gasteiger charge is 2.48. The second kappa shape index (κ2) is 14.6. The summed E-state index contributed by atoms with van der Waals surface area (Å²) in [6, 6.07) is 7.89. The largest absolute Gasteiger partial charge is 0.480 e. The van der Waals surface area contributed by atoms with Crippen molar-refractivity contribution in [2.45, 2.75) is 25.2 Å². The van der Waals surface area contributed by atoms with Crippen LogP contribution < -0.4 is 5.32 Å². The summed E-state index contributed by atoms with van der Waals surface area (Å²) in [5, 5.41) is 11.6. The molecule has 4 rings (SSSR count). The molecule has 1 atom stereocenters. The number of morpholine rings is 1. The first-order chi connectivity index (χ1) is 20.6. The molecule has 3 heterocycles. The molecule has 1 amide bonds. The minimum Gasteiger partial charge on any atom is -0.480 e. The predicted octanol–water partition coefficient (Wildman–Crippen LogP) is 3.14. The Bertz CT molecular complexity index is 1350. The number of amides is 1. The summed E-state index contributed by atoms with van der Waals surface area (Å²) >= 11 is 0. The van der Waals surface area contributed by atoms with Crippen molar-refractivity contribution in [2.24, 2.45) is 4.99 Å². The molecular formula is C29H33F3N4O7. The van der Waals surface area contributed by atoms with Gasteiger partial charge in [0.2, 0.25) is 5.90 Å². The molecule has 0 spiro atoms. The molecule has 0 saturated carbocycles. The van der Waals surface area contributed by atoms with Gasteiger partial charge in [-0.1, -0.05) is 12.1 Å². The Morgan fingerprint density at radius 3 is 2.56 bits per heavy atom. The number of nitrogens with zero attached hydrogens (tertiary/aromatic N) is 3. The van der Waals surface area contributed by atoms with Crippen molar-refractivity contribution in [1.29, 1.82) is 0 Å². The zero-order chi connectivity index (χ0) is 30.9. The fourth-order valence-corrected chi connectivity index (χ4v) is 4.83. The van der Waals surface area contributed by atoms with Crippen molar-refractivity contribution in [3.05, 3.63) is 71.2 Å². The molecule has 2 aromatic rings. The van der Waals surface area contributed by atoms with Gasteiger partial charge in [0, 0.05) is 48.7 Å². The zero-order valence-corrected chi connectivity index (χ0v) is 23.6. The number of rotatable bonds is 12. The van der Waals surface area contributed by atoms with E-state index in [2.05, 4.69) is 15.3 Å². The van der Waals surface area contributed by atoms with Crippen LogP contribution in [0.2, 0.25) is 0 Å². The normalized spacial score (nSPS) is 19.3. The molecule has 43 heavy (non-hydrogen) atoms. The smallest absolute Gasteiger partial charge is 0.416 e. The summed E-state index contributed by atoms with van der Waals surface area (Å²) in [7, 11) is 0. The average Bonchev–Trinajstić information content (AvgIpc) is 2.99. The Kier molecular flexibility index (Phi) is 10.9. The molecule has 0 radical (unpaired) electrons. The number of carbonyl (C=O) groups is 2. The van der Waals surface area contributed by atoms with Crippen molar-refractivity contribution >= 4 is 23.3 Å². The number of nitrogens with one attached hydrogen (secondary N) is 1. The fourth-order valence-electron chi connectivity index (χ4n) is 4.83. The van der Waals surface area contributed by atoms with E-state index in [-0.39, 0.29) is 44.3 Å². The van der Waals surface area contributed by atoms with Gasteiger partial charge >= 0.3 is 12.1 Å². The predicted molar refractivity (Wildman–Crippen MR) is 148 cm³/mol. The van der Waals surface area contributed by atoms with Crippen LogP contribution in [0.5, 0.6) is 0 Å². The van der Waals surface area contributed by atoms with E-state index in [4.69, 9.17) is 24.1 Å². The third-order valence-electron chi connectivity index (χ3n) is 6.88. The van der Waals surface area contributed by atoms with Gasteiger partial charge in [0.05, 0.1) is 38.6 Å². The molecule has 1 aromatic carbocycles. The number of hydrogen-bond donors (Lipinski definition) is 2. The molecule has 1 aromatic heterocycles. The van der Waals surface area contributed by atoms with E-state index >= 15 is 0 Å². The van der Waals surface area contributed by atoms with Gasteiger partial charge < -0.3 is 29.4 Å². The van der Waals surface area contributed by atoms with Crippen LogP contribution in [0.1, 0.15) is 33.6 Å². The maximum Gasteiger partial charge on any atom is 0.416 e. The summed E-state index contributed by atoms with van der Waals surface area (Å²) in [4.78, 5) is 35.1. The van der Waals surface area contributed by atoms with Crippen LogP contribution in [0.4, 0.5) is 13.2 Å². The summed E-state index contributed by atoms with van der Waals surface area (Å²) in [6.07, 6.45) is -1.13. The summed E-state index contributed by atoms with van der Waals surface area (Å²) < 4.78 is 62.4.